The zero-order valence-electron chi connectivity index (χ0n) is 20.2. The Morgan fingerprint density at radius 1 is 1.11 bits per heavy atom. The first-order valence-electron chi connectivity index (χ1n) is 12.2. The summed E-state index contributed by atoms with van der Waals surface area (Å²) in [6.07, 6.45) is 2.86. The molecule has 194 valence electrons. The third-order valence-corrected chi connectivity index (χ3v) is 8.40. The predicted molar refractivity (Wildman–Crippen MR) is 140 cm³/mol. The number of anilines is 3. The summed E-state index contributed by atoms with van der Waals surface area (Å²) in [4.78, 5) is 50.9. The van der Waals surface area contributed by atoms with E-state index in [1.807, 2.05) is 19.1 Å². The molecule has 0 saturated carbocycles. The number of benzene rings is 1. The Balaban J connectivity index is 1.42. The normalized spacial score (nSPS) is 20.3. The number of carboxylic acid groups (broad SMARTS) is 1. The topological polar surface area (TPSA) is 149 Å². The number of phenols is 1. The summed E-state index contributed by atoms with van der Waals surface area (Å²) in [5, 5.41) is 26.5. The summed E-state index contributed by atoms with van der Waals surface area (Å²) in [5.41, 5.74) is -1.35. The minimum absolute atomic E-state index is 0.00856. The summed E-state index contributed by atoms with van der Waals surface area (Å²) in [6, 6.07) is 6.82. The van der Waals surface area contributed by atoms with Crippen LogP contribution in [-0.2, 0) is 4.79 Å². The van der Waals surface area contributed by atoms with Crippen LogP contribution in [0.25, 0.3) is 0 Å². The molecule has 3 aromatic rings. The fourth-order valence-electron chi connectivity index (χ4n) is 5.01. The van der Waals surface area contributed by atoms with Crippen molar-refractivity contribution in [3.63, 3.8) is 0 Å². The van der Waals surface area contributed by atoms with Gasteiger partial charge < -0.3 is 30.2 Å². The van der Waals surface area contributed by atoms with E-state index in [4.69, 9.17) is 4.42 Å². The van der Waals surface area contributed by atoms with Gasteiger partial charge in [-0.05, 0) is 62.6 Å². The quantitative estimate of drug-likeness (QED) is 0.255. The van der Waals surface area contributed by atoms with Gasteiger partial charge in [0.15, 0.2) is 5.75 Å². The van der Waals surface area contributed by atoms with Crippen molar-refractivity contribution in [3.8, 4) is 5.75 Å². The van der Waals surface area contributed by atoms with E-state index in [0.717, 1.165) is 24.4 Å². The second kappa shape index (κ2) is 9.97. The molecule has 11 heteroatoms. The molecule has 1 aromatic heterocycles. The Hall–Kier alpha value is -3.73. The maximum Gasteiger partial charge on any atom is 0.326 e. The standard InChI is InChI=1S/C26H27N3O7S/c1-13-9-10-17(36-13)19(18-8-4-12-37-18)28-21-20(23(31)24(21)32)27-15-6-2-5-14(22(15)30)25(33)29-11-3-7-16(29)26(34)35/h2,5-6,9-10,16,18-19,27-28,30H,3-4,7-8,11-12H2,1H3,(H,34,35)/t16?,18-,19?/m1/s1. The van der Waals surface area contributed by atoms with E-state index < -0.39 is 34.5 Å². The summed E-state index contributed by atoms with van der Waals surface area (Å²) in [6.45, 7) is 2.11. The molecule has 0 spiro atoms. The van der Waals surface area contributed by atoms with Gasteiger partial charge >= 0.3 is 5.97 Å². The SMILES string of the molecule is Cc1ccc(C(Nc2c(Nc3cccc(C(=O)N4CCCC4C(=O)O)c3O)c(=O)c2=O)[C@H]2CCCS2)o1. The van der Waals surface area contributed by atoms with E-state index in [1.54, 1.807) is 11.8 Å². The molecule has 0 radical (unpaired) electrons. The number of hydrogen-bond donors (Lipinski definition) is 4. The number of carboxylic acids is 1. The number of hydrogen-bond acceptors (Lipinski definition) is 9. The van der Waals surface area contributed by atoms with Crippen molar-refractivity contribution in [2.45, 2.75) is 49.9 Å². The van der Waals surface area contributed by atoms with Crippen LogP contribution in [0.15, 0.2) is 44.3 Å². The Morgan fingerprint density at radius 3 is 2.57 bits per heavy atom. The number of nitrogens with zero attached hydrogens (tertiary/aromatic N) is 1. The number of carbonyl (C=O) groups is 2. The van der Waals surface area contributed by atoms with Gasteiger partial charge in [0.25, 0.3) is 16.8 Å². The van der Waals surface area contributed by atoms with Crippen molar-refractivity contribution >= 4 is 40.7 Å². The Bertz CT molecular complexity index is 1420. The largest absolute Gasteiger partial charge is 0.505 e. The number of aromatic hydroxyl groups is 1. The summed E-state index contributed by atoms with van der Waals surface area (Å²) < 4.78 is 5.84. The molecule has 5 rings (SSSR count). The van der Waals surface area contributed by atoms with E-state index >= 15 is 0 Å². The van der Waals surface area contributed by atoms with Crippen LogP contribution in [0.5, 0.6) is 5.75 Å². The molecular weight excluding hydrogens is 498 g/mol. The average molecular weight is 526 g/mol. The highest BCUT2D eigenvalue weighted by Crippen LogP contribution is 2.40. The number of aryl methyl sites for hydroxylation is 1. The second-order valence-corrected chi connectivity index (χ2v) is 10.7. The van der Waals surface area contributed by atoms with Crippen LogP contribution in [0.3, 0.4) is 0 Å². The van der Waals surface area contributed by atoms with Gasteiger partial charge in [-0.1, -0.05) is 6.07 Å². The summed E-state index contributed by atoms with van der Waals surface area (Å²) in [5.74, 6) is 0.273. The van der Waals surface area contributed by atoms with Crippen molar-refractivity contribution in [2.24, 2.45) is 0 Å². The molecule has 0 aliphatic carbocycles. The van der Waals surface area contributed by atoms with Crippen LogP contribution in [0.1, 0.15) is 53.6 Å². The van der Waals surface area contributed by atoms with E-state index in [-0.39, 0.29) is 40.5 Å². The molecule has 2 unspecified atom stereocenters. The lowest BCUT2D eigenvalue weighted by molar-refractivity contribution is -0.141. The van der Waals surface area contributed by atoms with Gasteiger partial charge in [0.05, 0.1) is 17.3 Å². The van der Waals surface area contributed by atoms with E-state index in [1.165, 1.54) is 23.1 Å². The fourth-order valence-corrected chi connectivity index (χ4v) is 6.37. The third kappa shape index (κ3) is 4.59. The van der Waals surface area contributed by atoms with Crippen LogP contribution in [0.2, 0.25) is 0 Å². The molecule has 4 N–H and O–H groups in total. The van der Waals surface area contributed by atoms with Crippen LogP contribution in [0.4, 0.5) is 17.1 Å². The monoisotopic (exact) mass is 525 g/mol. The first-order chi connectivity index (χ1) is 17.8. The van der Waals surface area contributed by atoms with Gasteiger partial charge in [-0.15, -0.1) is 0 Å². The minimum atomic E-state index is -1.10. The summed E-state index contributed by atoms with van der Waals surface area (Å²) >= 11 is 1.77. The molecule has 1 amide bonds. The van der Waals surface area contributed by atoms with Gasteiger partial charge in [0, 0.05) is 11.8 Å². The number of carbonyl (C=O) groups excluding carboxylic acids is 1. The molecule has 37 heavy (non-hydrogen) atoms. The first-order valence-corrected chi connectivity index (χ1v) is 13.2. The van der Waals surface area contributed by atoms with E-state index in [0.29, 0.717) is 18.6 Å². The summed E-state index contributed by atoms with van der Waals surface area (Å²) in [7, 11) is 0. The predicted octanol–water partition coefficient (Wildman–Crippen LogP) is 3.37. The van der Waals surface area contributed by atoms with Gasteiger partial charge in [0.1, 0.15) is 28.9 Å². The minimum Gasteiger partial charge on any atom is -0.505 e. The molecule has 2 aliphatic rings. The maximum absolute atomic E-state index is 13.1. The number of phenolic OH excluding ortho intramolecular Hbond substituents is 1. The van der Waals surface area contributed by atoms with Crippen LogP contribution < -0.4 is 21.5 Å². The van der Waals surface area contributed by atoms with E-state index in [2.05, 4.69) is 10.6 Å². The maximum atomic E-state index is 13.1. The van der Waals surface area contributed by atoms with E-state index in [9.17, 15) is 29.4 Å². The highest BCUT2D eigenvalue weighted by molar-refractivity contribution is 8.00. The van der Waals surface area contributed by atoms with Gasteiger partial charge in [-0.2, -0.15) is 11.8 Å². The average Bonchev–Trinajstić information content (AvgIpc) is 3.66. The Labute approximate surface area is 216 Å². The smallest absolute Gasteiger partial charge is 0.326 e. The van der Waals surface area contributed by atoms with Crippen LogP contribution >= 0.6 is 11.8 Å². The van der Waals surface area contributed by atoms with Crippen LogP contribution in [-0.4, -0.2) is 50.6 Å². The van der Waals surface area contributed by atoms with Gasteiger partial charge in [-0.3, -0.25) is 14.4 Å². The number of thioether (sulfide) groups is 1. The number of para-hydroxylation sites is 1. The zero-order chi connectivity index (χ0) is 26.3. The van der Waals surface area contributed by atoms with Crippen LogP contribution in [0, 0.1) is 6.92 Å². The molecule has 2 aliphatic heterocycles. The van der Waals surface area contributed by atoms with Gasteiger partial charge in [-0.25, -0.2) is 4.79 Å². The molecular formula is C26H27N3O7S. The Kier molecular flexibility index (Phi) is 6.72. The highest BCUT2D eigenvalue weighted by atomic mass is 32.2. The molecule has 3 atom stereocenters. The number of furan rings is 1. The number of nitrogens with one attached hydrogen (secondary N) is 2. The number of likely N-dealkylation sites (tertiary alicyclic amines) is 1. The van der Waals surface area contributed by atoms with Crippen molar-refractivity contribution in [1.29, 1.82) is 0 Å². The molecule has 2 fully saturated rings. The molecule has 10 nitrogen and oxygen atoms in total. The fraction of sp³-hybridized carbons (Fsp3) is 0.385. The first kappa shape index (κ1) is 24.9. The lowest BCUT2D eigenvalue weighted by Crippen LogP contribution is -2.40. The molecule has 3 heterocycles. The third-order valence-electron chi connectivity index (χ3n) is 6.94. The molecule has 2 saturated heterocycles. The van der Waals surface area contributed by atoms with Crippen molar-refractivity contribution in [1.82, 2.24) is 4.90 Å². The number of amides is 1. The van der Waals surface area contributed by atoms with Crippen molar-refractivity contribution in [2.75, 3.05) is 22.9 Å². The lowest BCUT2D eigenvalue weighted by atomic mass is 10.0. The van der Waals surface area contributed by atoms with Gasteiger partial charge in [0.2, 0.25) is 0 Å². The van der Waals surface area contributed by atoms with Crippen molar-refractivity contribution < 1.29 is 24.2 Å². The van der Waals surface area contributed by atoms with Crippen molar-refractivity contribution in [3.05, 3.63) is 67.9 Å². The highest BCUT2D eigenvalue weighted by Gasteiger charge is 2.36. The second-order valence-electron chi connectivity index (χ2n) is 9.35. The Morgan fingerprint density at radius 2 is 1.89 bits per heavy atom. The number of rotatable bonds is 8. The zero-order valence-corrected chi connectivity index (χ0v) is 21.0. The molecule has 2 aromatic carbocycles. The number of aliphatic carboxylic acids is 1. The molecule has 0 bridgehead atoms. The lowest BCUT2D eigenvalue weighted by Gasteiger charge is -2.26.